The molecule has 1 amide bonds. The molecule has 0 bridgehead atoms. The van der Waals surface area contributed by atoms with Crippen LogP contribution < -0.4 is 10.1 Å². The number of methoxy groups -OCH3 is 1. The van der Waals surface area contributed by atoms with Gasteiger partial charge in [-0.25, -0.2) is 9.18 Å². The Morgan fingerprint density at radius 1 is 1.29 bits per heavy atom. The van der Waals surface area contributed by atoms with Crippen LogP contribution >= 0.6 is 11.6 Å². The third-order valence-electron chi connectivity index (χ3n) is 3.35. The molecule has 5 nitrogen and oxygen atoms in total. The van der Waals surface area contributed by atoms with Gasteiger partial charge in [-0.15, -0.1) is 0 Å². The number of carboxylic acid groups (broad SMARTS) is 1. The summed E-state index contributed by atoms with van der Waals surface area (Å²) in [5, 5.41) is 12.0. The van der Waals surface area contributed by atoms with Crippen molar-refractivity contribution >= 4 is 23.5 Å². The molecule has 2 aromatic carbocycles. The largest absolute Gasteiger partial charge is 0.495 e. The molecule has 0 aliphatic carbocycles. The molecule has 0 fully saturated rings. The number of carbonyl (C=O) groups is 2. The monoisotopic (exact) mass is 351 g/mol. The van der Waals surface area contributed by atoms with Crippen molar-refractivity contribution in [1.29, 1.82) is 0 Å². The molecule has 0 aliphatic heterocycles. The van der Waals surface area contributed by atoms with E-state index in [0.717, 1.165) is 6.07 Å². The minimum absolute atomic E-state index is 0.0279. The number of hydrogen-bond donors (Lipinski definition) is 2. The summed E-state index contributed by atoms with van der Waals surface area (Å²) in [4.78, 5) is 23.5. The molecule has 126 valence electrons. The van der Waals surface area contributed by atoms with E-state index < -0.39 is 23.7 Å². The minimum Gasteiger partial charge on any atom is -0.495 e. The van der Waals surface area contributed by atoms with Crippen LogP contribution in [0.5, 0.6) is 5.75 Å². The van der Waals surface area contributed by atoms with E-state index in [1.54, 1.807) is 18.2 Å². The second kappa shape index (κ2) is 7.79. The topological polar surface area (TPSA) is 75.6 Å². The van der Waals surface area contributed by atoms with E-state index in [-0.39, 0.29) is 12.0 Å². The van der Waals surface area contributed by atoms with E-state index in [2.05, 4.69) is 5.32 Å². The molecule has 2 rings (SSSR count). The third-order valence-corrected chi connectivity index (χ3v) is 3.64. The molecule has 24 heavy (non-hydrogen) atoms. The lowest BCUT2D eigenvalue weighted by Crippen LogP contribution is -2.42. The molecular weight excluding hydrogens is 337 g/mol. The first-order chi connectivity index (χ1) is 11.4. The SMILES string of the molecule is COc1ccc(C[C@@H](NC(=O)c2cccc(F)c2)C(=O)O)cc1Cl. The Labute approximate surface area is 143 Å². The lowest BCUT2D eigenvalue weighted by atomic mass is 10.0. The van der Waals surface area contributed by atoms with Crippen LogP contribution in [-0.2, 0) is 11.2 Å². The van der Waals surface area contributed by atoms with Gasteiger partial charge in [0.25, 0.3) is 5.91 Å². The van der Waals surface area contributed by atoms with Crippen molar-refractivity contribution < 1.29 is 23.8 Å². The van der Waals surface area contributed by atoms with Gasteiger partial charge in [-0.1, -0.05) is 23.7 Å². The molecule has 0 saturated heterocycles. The van der Waals surface area contributed by atoms with E-state index in [1.807, 2.05) is 0 Å². The molecule has 0 aromatic heterocycles. The third kappa shape index (κ3) is 4.45. The van der Waals surface area contributed by atoms with Crippen LogP contribution in [0.15, 0.2) is 42.5 Å². The van der Waals surface area contributed by atoms with Crippen LogP contribution in [0, 0.1) is 5.82 Å². The van der Waals surface area contributed by atoms with Gasteiger partial charge in [0, 0.05) is 12.0 Å². The predicted molar refractivity (Wildman–Crippen MR) is 87.0 cm³/mol. The van der Waals surface area contributed by atoms with Gasteiger partial charge in [-0.05, 0) is 35.9 Å². The number of ether oxygens (including phenoxy) is 1. The molecule has 0 unspecified atom stereocenters. The molecule has 7 heteroatoms. The number of halogens is 2. The van der Waals surface area contributed by atoms with Crippen LogP contribution in [0.25, 0.3) is 0 Å². The summed E-state index contributed by atoms with van der Waals surface area (Å²) in [6, 6.07) is 8.70. The number of carbonyl (C=O) groups excluding carboxylic acids is 1. The Kier molecular flexibility index (Phi) is 5.76. The molecule has 0 radical (unpaired) electrons. The number of aliphatic carboxylic acids is 1. The van der Waals surface area contributed by atoms with Gasteiger partial charge in [-0.2, -0.15) is 0 Å². The Balaban J connectivity index is 2.13. The van der Waals surface area contributed by atoms with Gasteiger partial charge in [-0.3, -0.25) is 4.79 Å². The fourth-order valence-corrected chi connectivity index (χ4v) is 2.42. The summed E-state index contributed by atoms with van der Waals surface area (Å²) < 4.78 is 18.2. The Hall–Kier alpha value is -2.60. The highest BCUT2D eigenvalue weighted by molar-refractivity contribution is 6.32. The molecule has 2 aromatic rings. The second-order valence-corrected chi connectivity index (χ2v) is 5.45. The summed E-state index contributed by atoms with van der Waals surface area (Å²) >= 11 is 6.01. The Morgan fingerprint density at radius 2 is 2.04 bits per heavy atom. The highest BCUT2D eigenvalue weighted by Gasteiger charge is 2.21. The highest BCUT2D eigenvalue weighted by Crippen LogP contribution is 2.25. The van der Waals surface area contributed by atoms with Crippen molar-refractivity contribution in [2.45, 2.75) is 12.5 Å². The van der Waals surface area contributed by atoms with Gasteiger partial charge in [0.2, 0.25) is 0 Å². The highest BCUT2D eigenvalue weighted by atomic mass is 35.5. The van der Waals surface area contributed by atoms with Crippen LogP contribution in [0.1, 0.15) is 15.9 Å². The summed E-state index contributed by atoms with van der Waals surface area (Å²) in [6.07, 6.45) is 0.0279. The summed E-state index contributed by atoms with van der Waals surface area (Å²) in [6.45, 7) is 0. The van der Waals surface area contributed by atoms with Crippen molar-refractivity contribution in [3.63, 3.8) is 0 Å². The quantitative estimate of drug-likeness (QED) is 0.839. The maximum atomic E-state index is 13.2. The predicted octanol–water partition coefficient (Wildman–Crippen LogP) is 2.91. The van der Waals surface area contributed by atoms with Crippen LogP contribution in [0.4, 0.5) is 4.39 Å². The van der Waals surface area contributed by atoms with Gasteiger partial charge in [0.05, 0.1) is 12.1 Å². The first-order valence-electron chi connectivity index (χ1n) is 7.02. The molecule has 0 heterocycles. The Bertz CT molecular complexity index is 766. The summed E-state index contributed by atoms with van der Waals surface area (Å²) in [7, 11) is 1.47. The van der Waals surface area contributed by atoms with Gasteiger partial charge in [0.1, 0.15) is 17.6 Å². The smallest absolute Gasteiger partial charge is 0.326 e. The maximum Gasteiger partial charge on any atom is 0.326 e. The van der Waals surface area contributed by atoms with Crippen LogP contribution in [0.2, 0.25) is 5.02 Å². The molecule has 1 atom stereocenters. The lowest BCUT2D eigenvalue weighted by Gasteiger charge is -2.15. The first-order valence-corrected chi connectivity index (χ1v) is 7.40. The fourth-order valence-electron chi connectivity index (χ4n) is 2.14. The van der Waals surface area contributed by atoms with Gasteiger partial charge >= 0.3 is 5.97 Å². The summed E-state index contributed by atoms with van der Waals surface area (Å²) in [5.41, 5.74) is 0.668. The van der Waals surface area contributed by atoms with E-state index in [4.69, 9.17) is 16.3 Å². The summed E-state index contributed by atoms with van der Waals surface area (Å²) in [5.74, 6) is -1.97. The van der Waals surface area contributed by atoms with Crippen molar-refractivity contribution in [1.82, 2.24) is 5.32 Å². The number of carboxylic acids is 1. The van der Waals surface area contributed by atoms with E-state index in [0.29, 0.717) is 16.3 Å². The van der Waals surface area contributed by atoms with E-state index >= 15 is 0 Å². The fraction of sp³-hybridized carbons (Fsp3) is 0.176. The minimum atomic E-state index is -1.20. The van der Waals surface area contributed by atoms with Crippen molar-refractivity contribution in [2.24, 2.45) is 0 Å². The zero-order chi connectivity index (χ0) is 17.7. The number of benzene rings is 2. The number of amides is 1. The number of hydrogen-bond acceptors (Lipinski definition) is 3. The van der Waals surface area contributed by atoms with Gasteiger partial charge in [0.15, 0.2) is 0 Å². The Morgan fingerprint density at radius 3 is 2.62 bits per heavy atom. The average Bonchev–Trinajstić information content (AvgIpc) is 2.54. The molecule has 0 aliphatic rings. The maximum absolute atomic E-state index is 13.2. The van der Waals surface area contributed by atoms with Crippen LogP contribution in [-0.4, -0.2) is 30.1 Å². The van der Waals surface area contributed by atoms with Crippen molar-refractivity contribution in [3.8, 4) is 5.75 Å². The van der Waals surface area contributed by atoms with Gasteiger partial charge < -0.3 is 15.2 Å². The van der Waals surface area contributed by atoms with Crippen molar-refractivity contribution in [2.75, 3.05) is 7.11 Å². The van der Waals surface area contributed by atoms with E-state index in [1.165, 1.54) is 25.3 Å². The molecular formula is C17H15ClFNO4. The lowest BCUT2D eigenvalue weighted by molar-refractivity contribution is -0.139. The van der Waals surface area contributed by atoms with E-state index in [9.17, 15) is 19.1 Å². The number of nitrogens with one attached hydrogen (secondary N) is 1. The molecule has 0 saturated carbocycles. The molecule has 0 spiro atoms. The zero-order valence-corrected chi connectivity index (χ0v) is 13.5. The standard InChI is InChI=1S/C17H15ClFNO4/c1-24-15-6-5-10(7-13(15)18)8-14(17(22)23)20-16(21)11-3-2-4-12(19)9-11/h2-7,9,14H,8H2,1H3,(H,20,21)(H,22,23)/t14-/m1/s1. The average molecular weight is 352 g/mol. The zero-order valence-electron chi connectivity index (χ0n) is 12.8. The normalized spacial score (nSPS) is 11.6. The van der Waals surface area contributed by atoms with Crippen molar-refractivity contribution in [3.05, 3.63) is 64.4 Å². The second-order valence-electron chi connectivity index (χ2n) is 5.05. The molecule has 2 N–H and O–H groups in total. The van der Waals surface area contributed by atoms with Crippen LogP contribution in [0.3, 0.4) is 0 Å². The number of rotatable bonds is 6. The first kappa shape index (κ1) is 17.7.